The molecule has 1 aliphatic heterocycles. The number of hydrogen-bond donors (Lipinski definition) is 1. The Balaban J connectivity index is 1.56. The van der Waals surface area contributed by atoms with Crippen molar-refractivity contribution >= 4 is 28.2 Å². The van der Waals surface area contributed by atoms with Gasteiger partial charge in [-0.3, -0.25) is 4.98 Å². The molecule has 0 bridgehead atoms. The van der Waals surface area contributed by atoms with Gasteiger partial charge in [0.2, 0.25) is 0 Å². The zero-order chi connectivity index (χ0) is 20.5. The van der Waals surface area contributed by atoms with E-state index in [2.05, 4.69) is 26.1 Å². The van der Waals surface area contributed by atoms with Gasteiger partial charge in [-0.05, 0) is 23.9 Å². The quantitative estimate of drug-likeness (QED) is 0.540. The third-order valence-electron chi connectivity index (χ3n) is 5.27. The molecule has 1 aliphatic rings. The Hall–Kier alpha value is -3.10. The average Bonchev–Trinajstić information content (AvgIpc) is 3.16. The maximum absolute atomic E-state index is 11.0. The predicted octanol–water partition coefficient (Wildman–Crippen LogP) is 3.72. The summed E-state index contributed by atoms with van der Waals surface area (Å²) in [5.74, 6) is 1.00. The van der Waals surface area contributed by atoms with E-state index < -0.39 is 0 Å². The minimum absolute atomic E-state index is 0.244. The molecule has 2 aromatic carbocycles. The Morgan fingerprint density at radius 2 is 1.73 bits per heavy atom. The molecule has 1 fully saturated rings. The standard InChI is InChI=1S/C22H21N5O2S/c1-26-21(15-6-8-23-9-7-15)24-25-22(26)30-20-17-5-3-2-4-16(17)18(14-19(20)28)27-10-12-29-13-11-27/h2-9,14,28H,10-13H2,1H3. The van der Waals surface area contributed by atoms with Crippen LogP contribution >= 0.6 is 11.8 Å². The van der Waals surface area contributed by atoms with Crippen LogP contribution in [0.1, 0.15) is 0 Å². The molecule has 30 heavy (non-hydrogen) atoms. The Morgan fingerprint density at radius 1 is 1.00 bits per heavy atom. The van der Waals surface area contributed by atoms with Crippen LogP contribution in [0.3, 0.4) is 0 Å². The lowest BCUT2D eigenvalue weighted by Crippen LogP contribution is -2.36. The minimum Gasteiger partial charge on any atom is -0.507 e. The molecule has 152 valence electrons. The molecule has 4 aromatic rings. The number of anilines is 1. The molecule has 0 atom stereocenters. The summed E-state index contributed by atoms with van der Waals surface area (Å²) in [4.78, 5) is 7.11. The van der Waals surface area contributed by atoms with Crippen molar-refractivity contribution < 1.29 is 9.84 Å². The molecular weight excluding hydrogens is 398 g/mol. The van der Waals surface area contributed by atoms with E-state index in [1.165, 1.54) is 11.8 Å². The van der Waals surface area contributed by atoms with Crippen LogP contribution in [0.2, 0.25) is 0 Å². The van der Waals surface area contributed by atoms with Crippen LogP contribution in [0.4, 0.5) is 5.69 Å². The molecular formula is C22H21N5O2S. The fraction of sp³-hybridized carbons (Fsp3) is 0.227. The number of ether oxygens (including phenoxy) is 1. The van der Waals surface area contributed by atoms with Crippen LogP contribution in [0.5, 0.6) is 5.75 Å². The van der Waals surface area contributed by atoms with Crippen molar-refractivity contribution in [2.75, 3.05) is 31.2 Å². The number of phenols is 1. The van der Waals surface area contributed by atoms with Gasteiger partial charge in [-0.1, -0.05) is 24.3 Å². The summed E-state index contributed by atoms with van der Waals surface area (Å²) in [7, 11) is 1.93. The van der Waals surface area contributed by atoms with E-state index in [0.717, 1.165) is 45.8 Å². The topological polar surface area (TPSA) is 76.3 Å². The van der Waals surface area contributed by atoms with Gasteiger partial charge in [0.1, 0.15) is 5.75 Å². The molecule has 1 saturated heterocycles. The first-order chi connectivity index (χ1) is 14.7. The Morgan fingerprint density at radius 3 is 2.50 bits per heavy atom. The summed E-state index contributed by atoms with van der Waals surface area (Å²) in [6.07, 6.45) is 3.47. The predicted molar refractivity (Wildman–Crippen MR) is 117 cm³/mol. The molecule has 0 unspecified atom stereocenters. The van der Waals surface area contributed by atoms with E-state index in [9.17, 15) is 5.11 Å². The molecule has 7 nitrogen and oxygen atoms in total. The fourth-order valence-electron chi connectivity index (χ4n) is 3.74. The summed E-state index contributed by atoms with van der Waals surface area (Å²) < 4.78 is 7.42. The van der Waals surface area contributed by atoms with Gasteiger partial charge >= 0.3 is 0 Å². The number of pyridine rings is 1. The van der Waals surface area contributed by atoms with Crippen LogP contribution in [0, 0.1) is 0 Å². The van der Waals surface area contributed by atoms with Gasteiger partial charge in [0.15, 0.2) is 11.0 Å². The van der Waals surface area contributed by atoms with Crippen LogP contribution in [-0.4, -0.2) is 51.2 Å². The monoisotopic (exact) mass is 419 g/mol. The lowest BCUT2D eigenvalue weighted by molar-refractivity contribution is 0.123. The first-order valence-electron chi connectivity index (χ1n) is 9.77. The van der Waals surface area contributed by atoms with Crippen molar-refractivity contribution in [3.05, 3.63) is 54.9 Å². The first kappa shape index (κ1) is 18.9. The van der Waals surface area contributed by atoms with Crippen LogP contribution in [0.25, 0.3) is 22.2 Å². The zero-order valence-electron chi connectivity index (χ0n) is 16.5. The molecule has 0 amide bonds. The Labute approximate surface area is 178 Å². The second-order valence-corrected chi connectivity index (χ2v) is 8.07. The SMILES string of the molecule is Cn1c(Sc2c(O)cc(N3CCOCC3)c3ccccc23)nnc1-c1ccncc1. The highest BCUT2D eigenvalue weighted by Crippen LogP contribution is 2.44. The number of nitrogens with zero attached hydrogens (tertiary/aromatic N) is 5. The molecule has 1 N–H and O–H groups in total. The van der Waals surface area contributed by atoms with Crippen molar-refractivity contribution in [1.82, 2.24) is 19.7 Å². The Kier molecular flexibility index (Phi) is 5.02. The van der Waals surface area contributed by atoms with E-state index in [1.54, 1.807) is 12.4 Å². The summed E-state index contributed by atoms with van der Waals surface area (Å²) in [6, 6.07) is 13.8. The largest absolute Gasteiger partial charge is 0.507 e. The lowest BCUT2D eigenvalue weighted by atomic mass is 10.1. The lowest BCUT2D eigenvalue weighted by Gasteiger charge is -2.30. The molecule has 0 saturated carbocycles. The number of rotatable bonds is 4. The normalized spacial score (nSPS) is 14.4. The number of aromatic hydroxyl groups is 1. The van der Waals surface area contributed by atoms with Crippen molar-refractivity contribution in [2.24, 2.45) is 7.05 Å². The van der Waals surface area contributed by atoms with E-state index in [4.69, 9.17) is 4.74 Å². The van der Waals surface area contributed by atoms with Crippen LogP contribution in [0.15, 0.2) is 64.9 Å². The van der Waals surface area contributed by atoms with Gasteiger partial charge in [0, 0.05) is 60.6 Å². The van der Waals surface area contributed by atoms with Gasteiger partial charge in [0.25, 0.3) is 0 Å². The van der Waals surface area contributed by atoms with E-state index in [1.807, 2.05) is 48.0 Å². The van der Waals surface area contributed by atoms with Gasteiger partial charge < -0.3 is 19.3 Å². The highest BCUT2D eigenvalue weighted by Gasteiger charge is 2.20. The van der Waals surface area contributed by atoms with Gasteiger partial charge in [-0.25, -0.2) is 0 Å². The molecule has 0 radical (unpaired) electrons. The maximum Gasteiger partial charge on any atom is 0.196 e. The first-order valence-corrected chi connectivity index (χ1v) is 10.6. The van der Waals surface area contributed by atoms with Crippen molar-refractivity contribution in [2.45, 2.75) is 10.1 Å². The third kappa shape index (κ3) is 3.38. The van der Waals surface area contributed by atoms with Gasteiger partial charge in [-0.2, -0.15) is 0 Å². The minimum atomic E-state index is 0.244. The second-order valence-electron chi connectivity index (χ2n) is 7.09. The number of fused-ring (bicyclic) bond motifs is 1. The molecule has 0 spiro atoms. The third-order valence-corrected chi connectivity index (χ3v) is 6.44. The molecule has 3 heterocycles. The highest BCUT2D eigenvalue weighted by molar-refractivity contribution is 7.99. The number of phenolic OH excluding ortho intramolecular Hbond substituents is 1. The van der Waals surface area contributed by atoms with E-state index in [-0.39, 0.29) is 5.75 Å². The fourth-order valence-corrected chi connectivity index (χ4v) is 4.67. The smallest absolute Gasteiger partial charge is 0.196 e. The molecule has 2 aromatic heterocycles. The number of hydrogen-bond acceptors (Lipinski definition) is 7. The summed E-state index contributed by atoms with van der Waals surface area (Å²) in [5, 5.41) is 22.5. The second kappa shape index (κ2) is 7.97. The molecule has 0 aliphatic carbocycles. The number of benzene rings is 2. The van der Waals surface area contributed by atoms with Crippen LogP contribution in [-0.2, 0) is 11.8 Å². The maximum atomic E-state index is 11.0. The van der Waals surface area contributed by atoms with E-state index in [0.29, 0.717) is 18.4 Å². The van der Waals surface area contributed by atoms with Crippen molar-refractivity contribution in [3.63, 3.8) is 0 Å². The number of morpholine rings is 1. The van der Waals surface area contributed by atoms with Crippen molar-refractivity contribution in [1.29, 1.82) is 0 Å². The highest BCUT2D eigenvalue weighted by atomic mass is 32.2. The molecule has 8 heteroatoms. The van der Waals surface area contributed by atoms with Gasteiger partial charge in [-0.15, -0.1) is 10.2 Å². The van der Waals surface area contributed by atoms with E-state index >= 15 is 0 Å². The zero-order valence-corrected chi connectivity index (χ0v) is 17.3. The molecule has 5 rings (SSSR count). The summed E-state index contributed by atoms with van der Waals surface area (Å²) >= 11 is 1.42. The Bertz CT molecular complexity index is 1190. The van der Waals surface area contributed by atoms with Crippen LogP contribution < -0.4 is 4.90 Å². The number of aromatic nitrogens is 4. The van der Waals surface area contributed by atoms with Crippen molar-refractivity contribution in [3.8, 4) is 17.1 Å². The average molecular weight is 420 g/mol. The summed E-state index contributed by atoms with van der Waals surface area (Å²) in [5.41, 5.74) is 1.98. The summed E-state index contributed by atoms with van der Waals surface area (Å²) in [6.45, 7) is 3.02. The van der Waals surface area contributed by atoms with Gasteiger partial charge in [0.05, 0.1) is 18.1 Å².